The Morgan fingerprint density at radius 1 is 1.36 bits per heavy atom. The molecule has 0 saturated heterocycles. The standard InChI is InChI=1S/C6H14O6P2/c1-2-5(7)3-4-6(13(8)9)14(10,11)12/h5-7H,2-4H2,1H3,(H2-,8,9,10,11,12)/p+1. The van der Waals surface area contributed by atoms with Crippen molar-refractivity contribution in [1.29, 1.82) is 0 Å². The van der Waals surface area contributed by atoms with Crippen molar-refractivity contribution in [2.24, 2.45) is 0 Å². The molecule has 0 aromatic heterocycles. The van der Waals surface area contributed by atoms with Gasteiger partial charge in [-0.25, -0.2) is 0 Å². The molecule has 3 atom stereocenters. The number of hydrogen-bond acceptors (Lipinski definition) is 3. The second-order valence-electron chi connectivity index (χ2n) is 3.01. The lowest BCUT2D eigenvalue weighted by Crippen LogP contribution is -2.10. The maximum atomic E-state index is 10.7. The molecule has 0 aromatic rings. The SMILES string of the molecule is CCC(O)CCC([P+](=O)O)P(=O)(O)O. The van der Waals surface area contributed by atoms with E-state index < -0.39 is 27.1 Å². The number of rotatable bonds is 6. The fourth-order valence-corrected chi connectivity index (χ4v) is 2.84. The maximum Gasteiger partial charge on any atom is 0.521 e. The van der Waals surface area contributed by atoms with E-state index in [9.17, 15) is 9.13 Å². The Morgan fingerprint density at radius 3 is 2.14 bits per heavy atom. The minimum atomic E-state index is -4.54. The fraction of sp³-hybridized carbons (Fsp3) is 1.00. The highest BCUT2D eigenvalue weighted by Crippen LogP contribution is 2.53. The van der Waals surface area contributed by atoms with Crippen LogP contribution >= 0.6 is 15.6 Å². The summed E-state index contributed by atoms with van der Waals surface area (Å²) < 4.78 is 21.4. The molecule has 0 aliphatic carbocycles. The zero-order valence-electron chi connectivity index (χ0n) is 7.78. The van der Waals surface area contributed by atoms with Gasteiger partial charge in [0.1, 0.15) is 0 Å². The zero-order chi connectivity index (χ0) is 11.4. The van der Waals surface area contributed by atoms with Gasteiger partial charge in [0, 0.05) is 6.42 Å². The third-order valence-electron chi connectivity index (χ3n) is 1.87. The summed E-state index contributed by atoms with van der Waals surface area (Å²) in [6.45, 7) is 1.72. The molecule has 0 rings (SSSR count). The van der Waals surface area contributed by atoms with Crippen LogP contribution in [-0.4, -0.2) is 31.3 Å². The molecular formula is C6H15O6P2+. The van der Waals surface area contributed by atoms with E-state index in [0.29, 0.717) is 6.42 Å². The van der Waals surface area contributed by atoms with Gasteiger partial charge in [-0.05, 0) is 17.4 Å². The quantitative estimate of drug-likeness (QED) is 0.514. The van der Waals surface area contributed by atoms with Gasteiger partial charge in [0.05, 0.1) is 6.10 Å². The Morgan fingerprint density at radius 2 is 1.86 bits per heavy atom. The first-order chi connectivity index (χ1) is 6.29. The smallest absolute Gasteiger partial charge is 0.393 e. The Hall–Kier alpha value is 0.170. The van der Waals surface area contributed by atoms with Crippen LogP contribution < -0.4 is 0 Å². The van der Waals surface area contributed by atoms with Gasteiger partial charge in [-0.3, -0.25) is 4.57 Å². The summed E-state index contributed by atoms with van der Waals surface area (Å²) in [5, 5.41) is 7.57. The van der Waals surface area contributed by atoms with Crippen molar-refractivity contribution in [3.05, 3.63) is 0 Å². The molecule has 14 heavy (non-hydrogen) atoms. The van der Waals surface area contributed by atoms with Crippen LogP contribution in [0.15, 0.2) is 0 Å². The predicted octanol–water partition coefficient (Wildman–Crippen LogP) is 0.776. The second-order valence-corrected chi connectivity index (χ2v) is 6.45. The predicted molar refractivity (Wildman–Crippen MR) is 51.2 cm³/mol. The molecule has 0 saturated carbocycles. The summed E-state index contributed by atoms with van der Waals surface area (Å²) in [5.74, 6) is 0. The number of aliphatic hydroxyl groups is 1. The second kappa shape index (κ2) is 5.91. The van der Waals surface area contributed by atoms with Crippen molar-refractivity contribution in [3.8, 4) is 0 Å². The Kier molecular flexibility index (Phi) is 5.98. The largest absolute Gasteiger partial charge is 0.521 e. The van der Waals surface area contributed by atoms with Gasteiger partial charge < -0.3 is 14.9 Å². The first-order valence-corrected chi connectivity index (χ1v) is 7.13. The summed E-state index contributed by atoms with van der Waals surface area (Å²) in [4.78, 5) is 26.1. The van der Waals surface area contributed by atoms with Crippen molar-refractivity contribution in [2.75, 3.05) is 0 Å². The van der Waals surface area contributed by atoms with Crippen LogP contribution in [0, 0.1) is 0 Å². The number of hydrogen-bond donors (Lipinski definition) is 4. The minimum Gasteiger partial charge on any atom is -0.393 e. The van der Waals surface area contributed by atoms with Gasteiger partial charge in [0.25, 0.3) is 5.40 Å². The summed E-state index contributed by atoms with van der Waals surface area (Å²) >= 11 is 0. The molecule has 3 unspecified atom stereocenters. The van der Waals surface area contributed by atoms with E-state index in [4.69, 9.17) is 19.8 Å². The van der Waals surface area contributed by atoms with Crippen LogP contribution in [0.3, 0.4) is 0 Å². The third-order valence-corrected chi connectivity index (χ3v) is 5.17. The topological polar surface area (TPSA) is 115 Å². The first-order valence-electron chi connectivity index (χ1n) is 4.17. The van der Waals surface area contributed by atoms with Crippen LogP contribution in [0.2, 0.25) is 0 Å². The average Bonchev–Trinajstić information content (AvgIpc) is 2.01. The van der Waals surface area contributed by atoms with E-state index in [1.54, 1.807) is 6.92 Å². The molecule has 0 aliphatic heterocycles. The van der Waals surface area contributed by atoms with Crippen molar-refractivity contribution < 1.29 is 28.9 Å². The third kappa shape index (κ3) is 5.15. The van der Waals surface area contributed by atoms with Crippen LogP contribution in [0.25, 0.3) is 0 Å². The van der Waals surface area contributed by atoms with Crippen molar-refractivity contribution in [3.63, 3.8) is 0 Å². The molecule has 0 fully saturated rings. The molecule has 0 heterocycles. The lowest BCUT2D eigenvalue weighted by Gasteiger charge is -2.09. The minimum absolute atomic E-state index is 0.119. The molecule has 8 heteroatoms. The van der Waals surface area contributed by atoms with Gasteiger partial charge in [-0.2, -0.15) is 4.89 Å². The zero-order valence-corrected chi connectivity index (χ0v) is 9.56. The monoisotopic (exact) mass is 245 g/mol. The molecule has 0 aliphatic rings. The lowest BCUT2D eigenvalue weighted by molar-refractivity contribution is 0.158. The van der Waals surface area contributed by atoms with Crippen molar-refractivity contribution in [1.82, 2.24) is 0 Å². The highest BCUT2D eigenvalue weighted by atomic mass is 31.2. The van der Waals surface area contributed by atoms with E-state index in [-0.39, 0.29) is 12.8 Å². The lowest BCUT2D eigenvalue weighted by atomic mass is 10.2. The maximum absolute atomic E-state index is 10.7. The Balaban J connectivity index is 4.27. The van der Waals surface area contributed by atoms with Gasteiger partial charge >= 0.3 is 15.6 Å². The van der Waals surface area contributed by atoms with Gasteiger partial charge in [-0.1, -0.05) is 6.92 Å². The fourth-order valence-electron chi connectivity index (χ4n) is 0.953. The van der Waals surface area contributed by atoms with Crippen molar-refractivity contribution >= 4 is 15.6 Å². The normalized spacial score (nSPS) is 17.6. The van der Waals surface area contributed by atoms with E-state index in [2.05, 4.69) is 0 Å². The van der Waals surface area contributed by atoms with Crippen LogP contribution in [0.5, 0.6) is 0 Å². The Labute approximate surface area is 83.0 Å². The van der Waals surface area contributed by atoms with Gasteiger partial charge in [0.2, 0.25) is 0 Å². The first kappa shape index (κ1) is 14.2. The highest BCUT2D eigenvalue weighted by molar-refractivity contribution is 7.65. The van der Waals surface area contributed by atoms with E-state index in [1.165, 1.54) is 0 Å². The van der Waals surface area contributed by atoms with Crippen molar-refractivity contribution in [2.45, 2.75) is 37.7 Å². The van der Waals surface area contributed by atoms with Crippen LogP contribution in [-0.2, 0) is 9.13 Å². The van der Waals surface area contributed by atoms with E-state index in [1.807, 2.05) is 0 Å². The van der Waals surface area contributed by atoms with Crippen LogP contribution in [0.4, 0.5) is 0 Å². The molecule has 4 N–H and O–H groups in total. The molecule has 84 valence electrons. The molecular weight excluding hydrogens is 230 g/mol. The molecule has 6 nitrogen and oxygen atoms in total. The van der Waals surface area contributed by atoms with Gasteiger partial charge in [-0.15, -0.1) is 0 Å². The molecule has 0 bridgehead atoms. The molecule has 0 amide bonds. The summed E-state index contributed by atoms with van der Waals surface area (Å²) in [7, 11) is -7.46. The molecule has 0 radical (unpaired) electrons. The van der Waals surface area contributed by atoms with Crippen LogP contribution in [0.1, 0.15) is 26.2 Å². The summed E-state index contributed by atoms with van der Waals surface area (Å²) in [6.07, 6.45) is -0.256. The average molecular weight is 245 g/mol. The number of aliphatic hydroxyl groups excluding tert-OH is 1. The Bertz CT molecular complexity index is 236. The molecule has 0 spiro atoms. The molecule has 0 aromatic carbocycles. The van der Waals surface area contributed by atoms with E-state index in [0.717, 1.165) is 0 Å². The summed E-state index contributed by atoms with van der Waals surface area (Å²) in [6, 6.07) is 0. The highest BCUT2D eigenvalue weighted by Gasteiger charge is 2.44. The summed E-state index contributed by atoms with van der Waals surface area (Å²) in [5.41, 5.74) is 0. The van der Waals surface area contributed by atoms with E-state index >= 15 is 0 Å². The van der Waals surface area contributed by atoms with Gasteiger partial charge in [0.15, 0.2) is 0 Å².